The highest BCUT2D eigenvalue weighted by Gasteiger charge is 2.09. The molecule has 0 radical (unpaired) electrons. The number of ether oxygens (including phenoxy) is 1. The van der Waals surface area contributed by atoms with E-state index in [0.717, 1.165) is 11.3 Å². The third kappa shape index (κ3) is 4.63. The minimum Gasteiger partial charge on any atom is -0.486 e. The molecule has 0 atom stereocenters. The maximum absolute atomic E-state index is 12.0. The average molecular weight is 339 g/mol. The average Bonchev–Trinajstić information content (AvgIpc) is 3.02. The van der Waals surface area contributed by atoms with Crippen LogP contribution in [0.2, 0.25) is 0 Å². The number of rotatable bonds is 6. The van der Waals surface area contributed by atoms with E-state index in [1.165, 1.54) is 16.9 Å². The summed E-state index contributed by atoms with van der Waals surface area (Å²) in [4.78, 5) is 12.0. The molecule has 1 N–H and O–H groups in total. The Bertz CT molecular complexity index is 801. The van der Waals surface area contributed by atoms with Crippen LogP contribution in [0.5, 0.6) is 5.75 Å². The number of hydrogen-bond acceptors (Lipinski definition) is 5. The highest BCUT2D eigenvalue weighted by Crippen LogP contribution is 2.19. The van der Waals surface area contributed by atoms with E-state index in [9.17, 15) is 4.79 Å². The predicted molar refractivity (Wildman–Crippen MR) is 94.2 cm³/mol. The Balaban J connectivity index is 1.51. The van der Waals surface area contributed by atoms with Crippen LogP contribution >= 0.6 is 11.3 Å². The molecule has 0 fully saturated rings. The number of carbonyl (C=O) groups is 1. The van der Waals surface area contributed by atoms with E-state index in [1.807, 2.05) is 61.5 Å². The topological polar surface area (TPSA) is 64.1 Å². The molecule has 24 heavy (non-hydrogen) atoms. The number of aryl methyl sites for hydroxylation is 1. The van der Waals surface area contributed by atoms with Gasteiger partial charge in [-0.2, -0.15) is 0 Å². The van der Waals surface area contributed by atoms with Crippen molar-refractivity contribution in [3.8, 4) is 5.75 Å². The summed E-state index contributed by atoms with van der Waals surface area (Å²) in [7, 11) is 0. The van der Waals surface area contributed by atoms with E-state index >= 15 is 0 Å². The molecule has 0 saturated carbocycles. The largest absolute Gasteiger partial charge is 0.486 e. The molecule has 0 saturated heterocycles. The molecule has 1 heterocycles. The van der Waals surface area contributed by atoms with Crippen LogP contribution in [0.15, 0.2) is 54.6 Å². The van der Waals surface area contributed by atoms with Gasteiger partial charge in [0.15, 0.2) is 5.01 Å². The fourth-order valence-electron chi connectivity index (χ4n) is 2.09. The van der Waals surface area contributed by atoms with Gasteiger partial charge >= 0.3 is 0 Å². The third-order valence-corrected chi connectivity index (χ3v) is 4.12. The summed E-state index contributed by atoms with van der Waals surface area (Å²) >= 11 is 1.31. The van der Waals surface area contributed by atoms with Crippen LogP contribution in [0.1, 0.15) is 16.1 Å². The molecule has 0 spiro atoms. The van der Waals surface area contributed by atoms with Gasteiger partial charge in [0, 0.05) is 0 Å². The zero-order valence-corrected chi connectivity index (χ0v) is 14.0. The minimum atomic E-state index is -0.108. The van der Waals surface area contributed by atoms with E-state index in [0.29, 0.717) is 23.2 Å². The number of benzene rings is 2. The number of anilines is 1. The molecule has 1 amide bonds. The van der Waals surface area contributed by atoms with Crippen LogP contribution in [0.4, 0.5) is 5.13 Å². The molecule has 0 aliphatic heterocycles. The number of carbonyl (C=O) groups excluding carboxylic acids is 1. The molecule has 0 aliphatic rings. The quantitative estimate of drug-likeness (QED) is 0.745. The van der Waals surface area contributed by atoms with Crippen LogP contribution in [0.25, 0.3) is 0 Å². The van der Waals surface area contributed by atoms with Crippen molar-refractivity contribution in [1.82, 2.24) is 10.2 Å². The van der Waals surface area contributed by atoms with Gasteiger partial charge in [-0.05, 0) is 24.6 Å². The molecule has 0 unspecified atom stereocenters. The van der Waals surface area contributed by atoms with Gasteiger partial charge in [-0.25, -0.2) is 0 Å². The van der Waals surface area contributed by atoms with Crippen molar-refractivity contribution < 1.29 is 9.53 Å². The highest BCUT2D eigenvalue weighted by atomic mass is 32.1. The SMILES string of the molecule is Cc1ccc(OCc2nnc(NC(=O)Cc3ccccc3)s2)cc1. The lowest BCUT2D eigenvalue weighted by molar-refractivity contribution is -0.115. The molecule has 5 nitrogen and oxygen atoms in total. The van der Waals surface area contributed by atoms with Gasteiger partial charge in [0.2, 0.25) is 11.0 Å². The van der Waals surface area contributed by atoms with Gasteiger partial charge in [0.05, 0.1) is 6.42 Å². The Hall–Kier alpha value is -2.73. The standard InChI is InChI=1S/C18H17N3O2S/c1-13-7-9-15(10-8-13)23-12-17-20-21-18(24-17)19-16(22)11-14-5-3-2-4-6-14/h2-10H,11-12H2,1H3,(H,19,21,22). The second-order valence-corrected chi connectivity index (χ2v) is 6.38. The number of nitrogens with zero attached hydrogens (tertiary/aromatic N) is 2. The summed E-state index contributed by atoms with van der Waals surface area (Å²) in [6.45, 7) is 2.36. The van der Waals surface area contributed by atoms with Crippen molar-refractivity contribution in [2.24, 2.45) is 0 Å². The maximum Gasteiger partial charge on any atom is 0.230 e. The Morgan fingerprint density at radius 2 is 1.83 bits per heavy atom. The molecule has 122 valence electrons. The molecular weight excluding hydrogens is 322 g/mol. The normalized spacial score (nSPS) is 10.4. The fraction of sp³-hybridized carbons (Fsp3) is 0.167. The molecule has 2 aromatic carbocycles. The third-order valence-electron chi connectivity index (χ3n) is 3.30. The number of nitrogens with one attached hydrogen (secondary N) is 1. The van der Waals surface area contributed by atoms with E-state index in [4.69, 9.17) is 4.74 Å². The van der Waals surface area contributed by atoms with Crippen molar-refractivity contribution in [2.75, 3.05) is 5.32 Å². The monoisotopic (exact) mass is 339 g/mol. The molecule has 1 aromatic heterocycles. The van der Waals surface area contributed by atoms with E-state index in [1.54, 1.807) is 0 Å². The van der Waals surface area contributed by atoms with Gasteiger partial charge in [-0.1, -0.05) is 59.4 Å². The lowest BCUT2D eigenvalue weighted by atomic mass is 10.1. The van der Waals surface area contributed by atoms with Crippen LogP contribution < -0.4 is 10.1 Å². The van der Waals surface area contributed by atoms with Crippen LogP contribution in [0, 0.1) is 6.92 Å². The van der Waals surface area contributed by atoms with Crippen LogP contribution in [-0.4, -0.2) is 16.1 Å². The van der Waals surface area contributed by atoms with Gasteiger partial charge < -0.3 is 10.1 Å². The second-order valence-electron chi connectivity index (χ2n) is 5.31. The number of hydrogen-bond donors (Lipinski definition) is 1. The zero-order chi connectivity index (χ0) is 16.8. The Labute approximate surface area is 144 Å². The Morgan fingerprint density at radius 3 is 2.58 bits per heavy atom. The van der Waals surface area contributed by atoms with Crippen LogP contribution in [0.3, 0.4) is 0 Å². The molecule has 6 heteroatoms. The molecular formula is C18H17N3O2S. The summed E-state index contributed by atoms with van der Waals surface area (Å²) in [5.41, 5.74) is 2.14. The predicted octanol–water partition coefficient (Wildman–Crippen LogP) is 3.61. The maximum atomic E-state index is 12.0. The number of amides is 1. The minimum absolute atomic E-state index is 0.108. The lowest BCUT2D eigenvalue weighted by Gasteiger charge is -2.03. The lowest BCUT2D eigenvalue weighted by Crippen LogP contribution is -2.14. The van der Waals surface area contributed by atoms with Gasteiger partial charge in [-0.3, -0.25) is 4.79 Å². The first-order valence-electron chi connectivity index (χ1n) is 7.55. The van der Waals surface area contributed by atoms with Crippen molar-refractivity contribution in [3.63, 3.8) is 0 Å². The summed E-state index contributed by atoms with van der Waals surface area (Å²) in [6, 6.07) is 17.4. The van der Waals surface area contributed by atoms with Gasteiger partial charge in [-0.15, -0.1) is 10.2 Å². The van der Waals surface area contributed by atoms with Crippen LogP contribution in [-0.2, 0) is 17.8 Å². The highest BCUT2D eigenvalue weighted by molar-refractivity contribution is 7.15. The molecule has 0 bridgehead atoms. The molecule has 3 aromatic rings. The summed E-state index contributed by atoms with van der Waals surface area (Å²) in [5.74, 6) is 0.675. The fourth-order valence-corrected chi connectivity index (χ4v) is 2.76. The van der Waals surface area contributed by atoms with Crippen molar-refractivity contribution >= 4 is 22.4 Å². The summed E-state index contributed by atoms with van der Waals surface area (Å²) in [5, 5.41) is 12.0. The van der Waals surface area contributed by atoms with Gasteiger partial charge in [0.25, 0.3) is 0 Å². The van der Waals surface area contributed by atoms with Crippen molar-refractivity contribution in [1.29, 1.82) is 0 Å². The van der Waals surface area contributed by atoms with Gasteiger partial charge in [0.1, 0.15) is 12.4 Å². The molecule has 3 rings (SSSR count). The Morgan fingerprint density at radius 1 is 1.08 bits per heavy atom. The summed E-state index contributed by atoms with van der Waals surface area (Å²) in [6.07, 6.45) is 0.315. The van der Waals surface area contributed by atoms with E-state index < -0.39 is 0 Å². The number of aromatic nitrogens is 2. The Kier molecular flexibility index (Phi) is 5.18. The smallest absolute Gasteiger partial charge is 0.230 e. The first-order chi connectivity index (χ1) is 11.7. The molecule has 0 aliphatic carbocycles. The first kappa shape index (κ1) is 16.1. The second kappa shape index (κ2) is 7.70. The van der Waals surface area contributed by atoms with Crippen molar-refractivity contribution in [3.05, 3.63) is 70.7 Å². The summed E-state index contributed by atoms with van der Waals surface area (Å²) < 4.78 is 5.66. The first-order valence-corrected chi connectivity index (χ1v) is 8.36. The van der Waals surface area contributed by atoms with E-state index in [2.05, 4.69) is 15.5 Å². The van der Waals surface area contributed by atoms with Crippen molar-refractivity contribution in [2.45, 2.75) is 20.0 Å². The van der Waals surface area contributed by atoms with E-state index in [-0.39, 0.29) is 5.91 Å². The zero-order valence-electron chi connectivity index (χ0n) is 13.2.